The van der Waals surface area contributed by atoms with Gasteiger partial charge in [0.25, 0.3) is 5.56 Å². The lowest BCUT2D eigenvalue weighted by molar-refractivity contribution is -0.142. The van der Waals surface area contributed by atoms with Gasteiger partial charge in [0.15, 0.2) is 0 Å². The first-order valence-electron chi connectivity index (χ1n) is 9.42. The summed E-state index contributed by atoms with van der Waals surface area (Å²) in [6, 6.07) is 12.4. The fourth-order valence-corrected chi connectivity index (χ4v) is 3.58. The van der Waals surface area contributed by atoms with Crippen LogP contribution >= 0.6 is 11.6 Å². The highest BCUT2D eigenvalue weighted by Crippen LogP contribution is 2.22. The van der Waals surface area contributed by atoms with Crippen LogP contribution in [0.25, 0.3) is 16.6 Å². The van der Waals surface area contributed by atoms with Gasteiger partial charge in [0, 0.05) is 11.4 Å². The number of benzene rings is 2. The van der Waals surface area contributed by atoms with Gasteiger partial charge in [-0.1, -0.05) is 49.6 Å². The number of nitrogens with zero attached hydrogens (tertiary/aromatic N) is 2. The summed E-state index contributed by atoms with van der Waals surface area (Å²) in [5, 5.41) is 10.7. The zero-order valence-electron chi connectivity index (χ0n) is 16.0. The van der Waals surface area contributed by atoms with Gasteiger partial charge >= 0.3 is 5.97 Å². The van der Waals surface area contributed by atoms with E-state index in [1.54, 1.807) is 30.3 Å². The normalized spacial score (nSPS) is 12.2. The van der Waals surface area contributed by atoms with E-state index < -0.39 is 11.9 Å². The smallest absolute Gasteiger partial charge is 0.306 e. The Labute approximate surface area is 168 Å². The van der Waals surface area contributed by atoms with Gasteiger partial charge < -0.3 is 5.11 Å². The summed E-state index contributed by atoms with van der Waals surface area (Å²) in [7, 11) is 0. The molecule has 0 saturated heterocycles. The first kappa shape index (κ1) is 20.1. The van der Waals surface area contributed by atoms with E-state index in [9.17, 15) is 14.7 Å². The van der Waals surface area contributed by atoms with Gasteiger partial charge in [-0.2, -0.15) is 0 Å². The molecule has 0 saturated carbocycles. The Morgan fingerprint density at radius 1 is 1.25 bits per heavy atom. The van der Waals surface area contributed by atoms with Crippen molar-refractivity contribution in [2.75, 3.05) is 0 Å². The zero-order valence-corrected chi connectivity index (χ0v) is 16.7. The van der Waals surface area contributed by atoms with E-state index in [1.807, 2.05) is 26.0 Å². The first-order chi connectivity index (χ1) is 13.4. The molecule has 0 radical (unpaired) electrons. The van der Waals surface area contributed by atoms with Gasteiger partial charge in [-0.15, -0.1) is 0 Å². The van der Waals surface area contributed by atoms with Crippen LogP contribution in [-0.4, -0.2) is 20.6 Å². The largest absolute Gasteiger partial charge is 0.481 e. The number of halogens is 1. The average Bonchev–Trinajstić information content (AvgIpc) is 2.66. The minimum atomic E-state index is -0.870. The molecule has 0 aliphatic heterocycles. The Kier molecular flexibility index (Phi) is 6.15. The van der Waals surface area contributed by atoms with Crippen LogP contribution in [0.1, 0.15) is 37.6 Å². The van der Waals surface area contributed by atoms with Gasteiger partial charge in [-0.3, -0.25) is 14.2 Å². The van der Waals surface area contributed by atoms with E-state index in [4.69, 9.17) is 16.6 Å². The molecule has 3 aromatic rings. The number of hydrogen-bond acceptors (Lipinski definition) is 3. The summed E-state index contributed by atoms with van der Waals surface area (Å²) >= 11 is 6.14. The highest BCUT2D eigenvalue weighted by Gasteiger charge is 2.22. The van der Waals surface area contributed by atoms with Gasteiger partial charge in [0.1, 0.15) is 5.82 Å². The number of para-hydroxylation sites is 1. The van der Waals surface area contributed by atoms with Gasteiger partial charge in [-0.05, 0) is 43.2 Å². The quantitative estimate of drug-likeness (QED) is 0.621. The highest BCUT2D eigenvalue weighted by atomic mass is 35.5. The topological polar surface area (TPSA) is 72.2 Å². The van der Waals surface area contributed by atoms with E-state index in [2.05, 4.69) is 0 Å². The third-order valence-electron chi connectivity index (χ3n) is 4.92. The number of carboxylic acid groups (broad SMARTS) is 1. The maximum Gasteiger partial charge on any atom is 0.306 e. The van der Waals surface area contributed by atoms with Crippen molar-refractivity contribution in [1.82, 2.24) is 9.55 Å². The van der Waals surface area contributed by atoms with Gasteiger partial charge in [0.2, 0.25) is 0 Å². The Balaban J connectivity index is 2.24. The minimum Gasteiger partial charge on any atom is -0.481 e. The van der Waals surface area contributed by atoms with Crippen molar-refractivity contribution in [3.63, 3.8) is 0 Å². The van der Waals surface area contributed by atoms with Crippen molar-refractivity contribution >= 4 is 28.5 Å². The van der Waals surface area contributed by atoms with E-state index >= 15 is 0 Å². The second kappa shape index (κ2) is 8.57. The molecule has 146 valence electrons. The maximum absolute atomic E-state index is 13.3. The van der Waals surface area contributed by atoms with Crippen molar-refractivity contribution in [3.8, 4) is 5.69 Å². The van der Waals surface area contributed by atoms with Crippen molar-refractivity contribution in [2.24, 2.45) is 5.92 Å². The molecule has 0 spiro atoms. The predicted molar refractivity (Wildman–Crippen MR) is 111 cm³/mol. The van der Waals surface area contributed by atoms with E-state index in [0.717, 1.165) is 18.4 Å². The molecule has 1 atom stereocenters. The number of aryl methyl sites for hydroxylation is 1. The first-order valence-corrected chi connectivity index (χ1v) is 9.80. The molecule has 0 amide bonds. The van der Waals surface area contributed by atoms with Gasteiger partial charge in [-0.25, -0.2) is 4.98 Å². The molecule has 3 rings (SSSR count). The monoisotopic (exact) mass is 398 g/mol. The van der Waals surface area contributed by atoms with Crippen molar-refractivity contribution in [3.05, 3.63) is 69.2 Å². The molecule has 0 bridgehead atoms. The molecule has 0 aliphatic rings. The number of carbonyl (C=O) groups is 1. The molecule has 1 aromatic heterocycles. The SMILES string of the molecule is CCCCC(Cc1nc2c(C)cccc2c(=O)n1-c1cccc(Cl)c1)C(=O)O. The van der Waals surface area contributed by atoms with Crippen LogP contribution in [0.4, 0.5) is 0 Å². The highest BCUT2D eigenvalue weighted by molar-refractivity contribution is 6.30. The van der Waals surface area contributed by atoms with Crippen LogP contribution < -0.4 is 5.56 Å². The minimum absolute atomic E-state index is 0.182. The number of rotatable bonds is 7. The van der Waals surface area contributed by atoms with Crippen molar-refractivity contribution < 1.29 is 9.90 Å². The van der Waals surface area contributed by atoms with Gasteiger partial charge in [0.05, 0.1) is 22.5 Å². The summed E-state index contributed by atoms with van der Waals surface area (Å²) in [6.45, 7) is 3.92. The second-order valence-corrected chi connectivity index (χ2v) is 7.44. The summed E-state index contributed by atoms with van der Waals surface area (Å²) in [5.41, 5.74) is 1.86. The van der Waals surface area contributed by atoms with Crippen molar-refractivity contribution in [2.45, 2.75) is 39.5 Å². The number of hydrogen-bond donors (Lipinski definition) is 1. The summed E-state index contributed by atoms with van der Waals surface area (Å²) < 4.78 is 1.50. The second-order valence-electron chi connectivity index (χ2n) is 7.00. The number of fused-ring (bicyclic) bond motifs is 1. The molecule has 2 aromatic carbocycles. The maximum atomic E-state index is 13.3. The molecule has 1 N–H and O–H groups in total. The number of aliphatic carboxylic acids is 1. The molecule has 1 unspecified atom stereocenters. The molecule has 0 aliphatic carbocycles. The lowest BCUT2D eigenvalue weighted by Gasteiger charge is -2.18. The van der Waals surface area contributed by atoms with Crippen LogP contribution in [0.2, 0.25) is 5.02 Å². The van der Waals surface area contributed by atoms with Crippen LogP contribution in [0.15, 0.2) is 47.3 Å². The molecule has 0 fully saturated rings. The zero-order chi connectivity index (χ0) is 20.3. The fraction of sp³-hybridized carbons (Fsp3) is 0.318. The van der Waals surface area contributed by atoms with Crippen LogP contribution in [0.5, 0.6) is 0 Å². The molecule has 1 heterocycles. The standard InChI is InChI=1S/C22H23ClN2O3/c1-3-4-8-15(22(27)28)12-19-24-20-14(2)7-5-11-18(20)21(26)25(19)17-10-6-9-16(23)13-17/h5-7,9-11,13,15H,3-4,8,12H2,1-2H3,(H,27,28). The lowest BCUT2D eigenvalue weighted by Crippen LogP contribution is -2.27. The van der Waals surface area contributed by atoms with Crippen LogP contribution in [0, 0.1) is 12.8 Å². The fourth-order valence-electron chi connectivity index (χ4n) is 3.40. The molecule has 5 nitrogen and oxygen atoms in total. The van der Waals surface area contributed by atoms with Crippen LogP contribution in [0.3, 0.4) is 0 Å². The number of aromatic nitrogens is 2. The third-order valence-corrected chi connectivity index (χ3v) is 5.16. The van der Waals surface area contributed by atoms with E-state index in [0.29, 0.717) is 33.9 Å². The van der Waals surface area contributed by atoms with Crippen molar-refractivity contribution in [1.29, 1.82) is 0 Å². The summed E-state index contributed by atoms with van der Waals surface area (Å²) in [6.07, 6.45) is 2.45. The Hall–Kier alpha value is -2.66. The lowest BCUT2D eigenvalue weighted by atomic mass is 9.98. The Bertz CT molecular complexity index is 1080. The summed E-state index contributed by atoms with van der Waals surface area (Å²) in [4.78, 5) is 29.8. The van der Waals surface area contributed by atoms with E-state index in [-0.39, 0.29) is 12.0 Å². The predicted octanol–water partition coefficient (Wildman–Crippen LogP) is 4.78. The Morgan fingerprint density at radius 2 is 2.00 bits per heavy atom. The number of unbranched alkanes of at least 4 members (excludes halogenated alkanes) is 1. The van der Waals surface area contributed by atoms with E-state index in [1.165, 1.54) is 4.57 Å². The molecule has 28 heavy (non-hydrogen) atoms. The molecule has 6 heteroatoms. The molecular weight excluding hydrogens is 376 g/mol. The number of carboxylic acids is 1. The molecular formula is C22H23ClN2O3. The van der Waals surface area contributed by atoms with Crippen LogP contribution in [-0.2, 0) is 11.2 Å². The Morgan fingerprint density at radius 3 is 2.68 bits per heavy atom. The summed E-state index contributed by atoms with van der Waals surface area (Å²) in [5.74, 6) is -1.03. The average molecular weight is 399 g/mol. The third kappa shape index (κ3) is 4.09.